The second-order valence-electron chi connectivity index (χ2n) is 6.85. The van der Waals surface area contributed by atoms with E-state index >= 15 is 0 Å². The number of hydrogen-bond donors (Lipinski definition) is 2. The molecule has 0 radical (unpaired) electrons. The van der Waals surface area contributed by atoms with Crippen LogP contribution in [0.25, 0.3) is 10.8 Å². The van der Waals surface area contributed by atoms with Gasteiger partial charge in [-0.05, 0) is 36.1 Å². The van der Waals surface area contributed by atoms with Crippen LogP contribution in [0, 0.1) is 5.92 Å². The van der Waals surface area contributed by atoms with Gasteiger partial charge in [0.05, 0.1) is 13.2 Å². The lowest BCUT2D eigenvalue weighted by molar-refractivity contribution is -0.0999. The van der Waals surface area contributed by atoms with E-state index in [0.717, 1.165) is 48.0 Å². The van der Waals surface area contributed by atoms with Crippen molar-refractivity contribution in [1.82, 2.24) is 10.6 Å². The molecule has 2 aromatic carbocycles. The van der Waals surface area contributed by atoms with Gasteiger partial charge in [-0.3, -0.25) is 0 Å². The zero-order valence-electron chi connectivity index (χ0n) is 14.5. The molecule has 0 aromatic heterocycles. The van der Waals surface area contributed by atoms with Gasteiger partial charge in [0.2, 0.25) is 0 Å². The first-order valence-corrected chi connectivity index (χ1v) is 8.97. The predicted molar refractivity (Wildman–Crippen MR) is 96.7 cm³/mol. The molecule has 2 aliphatic rings. The molecule has 1 heterocycles. The molecule has 2 N–H and O–H groups in total. The van der Waals surface area contributed by atoms with Crippen LogP contribution in [0.3, 0.4) is 0 Å². The zero-order valence-corrected chi connectivity index (χ0v) is 14.5. The van der Waals surface area contributed by atoms with Crippen LogP contribution in [-0.4, -0.2) is 31.9 Å². The first-order chi connectivity index (χ1) is 12.3. The van der Waals surface area contributed by atoms with Crippen molar-refractivity contribution in [1.29, 1.82) is 0 Å². The summed E-state index contributed by atoms with van der Waals surface area (Å²) in [5, 5.41) is 8.33. The van der Waals surface area contributed by atoms with Gasteiger partial charge in [-0.15, -0.1) is 0 Å². The van der Waals surface area contributed by atoms with Crippen LogP contribution in [-0.2, 0) is 11.3 Å². The molecule has 132 valence electrons. The summed E-state index contributed by atoms with van der Waals surface area (Å²) in [6.45, 7) is 1.30. The van der Waals surface area contributed by atoms with Crippen LogP contribution in [0.4, 0.5) is 4.79 Å². The van der Waals surface area contributed by atoms with E-state index in [-0.39, 0.29) is 12.1 Å². The maximum Gasteiger partial charge on any atom is 0.315 e. The number of fused-ring (bicyclic) bond motifs is 2. The Morgan fingerprint density at radius 3 is 3.00 bits per heavy atom. The molecular formula is C20H24N2O3. The third kappa shape index (κ3) is 3.16. The highest BCUT2D eigenvalue weighted by Crippen LogP contribution is 2.37. The Morgan fingerprint density at radius 2 is 2.16 bits per heavy atom. The van der Waals surface area contributed by atoms with E-state index in [1.807, 2.05) is 24.3 Å². The topological polar surface area (TPSA) is 59.6 Å². The van der Waals surface area contributed by atoms with E-state index in [9.17, 15) is 4.79 Å². The smallest absolute Gasteiger partial charge is 0.315 e. The van der Waals surface area contributed by atoms with Gasteiger partial charge in [-0.2, -0.15) is 0 Å². The van der Waals surface area contributed by atoms with Crippen LogP contribution in [0.5, 0.6) is 5.75 Å². The number of amides is 2. The molecule has 3 atom stereocenters. The highest BCUT2D eigenvalue weighted by atomic mass is 16.5. The highest BCUT2D eigenvalue weighted by molar-refractivity contribution is 5.88. The minimum Gasteiger partial charge on any atom is -0.496 e. The minimum absolute atomic E-state index is 0.121. The molecule has 0 unspecified atom stereocenters. The summed E-state index contributed by atoms with van der Waals surface area (Å²) in [5.74, 6) is 1.27. The van der Waals surface area contributed by atoms with Crippen molar-refractivity contribution in [2.45, 2.75) is 38.0 Å². The average molecular weight is 340 g/mol. The van der Waals surface area contributed by atoms with E-state index in [0.29, 0.717) is 18.6 Å². The molecule has 1 aliphatic carbocycles. The second kappa shape index (κ2) is 6.92. The van der Waals surface area contributed by atoms with Crippen LogP contribution in [0.1, 0.15) is 24.8 Å². The number of urea groups is 1. The molecule has 2 amide bonds. The summed E-state index contributed by atoms with van der Waals surface area (Å²) in [6, 6.07) is 12.2. The fraction of sp³-hybridized carbons (Fsp3) is 0.450. The Labute approximate surface area is 147 Å². The zero-order chi connectivity index (χ0) is 17.2. The Kier molecular flexibility index (Phi) is 4.49. The monoisotopic (exact) mass is 340 g/mol. The van der Waals surface area contributed by atoms with E-state index in [1.54, 1.807) is 7.11 Å². The van der Waals surface area contributed by atoms with Gasteiger partial charge >= 0.3 is 6.03 Å². The predicted octanol–water partition coefficient (Wildman–Crippen LogP) is 3.22. The van der Waals surface area contributed by atoms with Gasteiger partial charge < -0.3 is 20.1 Å². The lowest BCUT2D eigenvalue weighted by atomic mass is 9.72. The van der Waals surface area contributed by atoms with Crippen molar-refractivity contribution in [3.05, 3.63) is 42.0 Å². The SMILES string of the molecule is COc1ccc2ccccc2c1CNC(=O)N[C@@H]1C[C@H]2OCCC[C@H]12. The summed E-state index contributed by atoms with van der Waals surface area (Å²) in [5.41, 5.74) is 1.00. The molecule has 1 saturated heterocycles. The summed E-state index contributed by atoms with van der Waals surface area (Å²) < 4.78 is 11.2. The Hall–Kier alpha value is -2.27. The standard InChI is InChI=1S/C20H24N2O3/c1-24-18-9-8-13-5-2-3-6-14(13)16(18)12-21-20(23)22-17-11-19-15(17)7-4-10-25-19/h2-3,5-6,8-9,15,17,19H,4,7,10-12H2,1H3,(H2,21,22,23)/t15-,17-,19-/m1/s1. The molecule has 1 saturated carbocycles. The number of rotatable bonds is 4. The fourth-order valence-corrected chi connectivity index (χ4v) is 4.04. The summed E-state index contributed by atoms with van der Waals surface area (Å²) in [4.78, 5) is 12.3. The lowest BCUT2D eigenvalue weighted by Crippen LogP contribution is -2.59. The minimum atomic E-state index is -0.121. The molecule has 2 fully saturated rings. The van der Waals surface area contributed by atoms with Gasteiger partial charge in [0.15, 0.2) is 0 Å². The Morgan fingerprint density at radius 1 is 1.28 bits per heavy atom. The van der Waals surface area contributed by atoms with Gasteiger partial charge in [-0.25, -0.2) is 4.79 Å². The van der Waals surface area contributed by atoms with Crippen LogP contribution in [0.2, 0.25) is 0 Å². The molecule has 0 bridgehead atoms. The maximum atomic E-state index is 12.3. The maximum absolute atomic E-state index is 12.3. The number of carbonyl (C=O) groups is 1. The molecule has 2 aromatic rings. The molecular weight excluding hydrogens is 316 g/mol. The number of nitrogens with one attached hydrogen (secondary N) is 2. The van der Waals surface area contributed by atoms with Crippen molar-refractivity contribution in [3.63, 3.8) is 0 Å². The van der Waals surface area contributed by atoms with E-state index < -0.39 is 0 Å². The first kappa shape index (κ1) is 16.2. The fourth-order valence-electron chi connectivity index (χ4n) is 4.04. The number of benzene rings is 2. The largest absolute Gasteiger partial charge is 0.496 e. The third-order valence-electron chi connectivity index (χ3n) is 5.45. The van der Waals surface area contributed by atoms with Crippen LogP contribution < -0.4 is 15.4 Å². The molecule has 25 heavy (non-hydrogen) atoms. The third-order valence-corrected chi connectivity index (χ3v) is 5.45. The number of methoxy groups -OCH3 is 1. The average Bonchev–Trinajstić information content (AvgIpc) is 2.64. The van der Waals surface area contributed by atoms with Gasteiger partial charge in [0, 0.05) is 30.7 Å². The lowest BCUT2D eigenvalue weighted by Gasteiger charge is -2.47. The Bertz CT molecular complexity index is 777. The van der Waals surface area contributed by atoms with Crippen LogP contribution >= 0.6 is 0 Å². The van der Waals surface area contributed by atoms with Crippen molar-refractivity contribution in [2.75, 3.05) is 13.7 Å². The summed E-state index contributed by atoms with van der Waals surface area (Å²) in [7, 11) is 1.66. The van der Waals surface area contributed by atoms with E-state index in [2.05, 4.69) is 22.8 Å². The van der Waals surface area contributed by atoms with E-state index in [1.165, 1.54) is 0 Å². The molecule has 5 heteroatoms. The quantitative estimate of drug-likeness (QED) is 0.898. The van der Waals surface area contributed by atoms with Gasteiger partial charge in [-0.1, -0.05) is 30.3 Å². The van der Waals surface area contributed by atoms with E-state index in [4.69, 9.17) is 9.47 Å². The van der Waals surface area contributed by atoms with Crippen molar-refractivity contribution < 1.29 is 14.3 Å². The summed E-state index contributed by atoms with van der Waals surface area (Å²) in [6.07, 6.45) is 3.51. The van der Waals surface area contributed by atoms with Gasteiger partial charge in [0.25, 0.3) is 0 Å². The normalized spacial score (nSPS) is 24.9. The van der Waals surface area contributed by atoms with Crippen LogP contribution in [0.15, 0.2) is 36.4 Å². The molecule has 4 rings (SSSR count). The molecule has 1 aliphatic heterocycles. The van der Waals surface area contributed by atoms with Crippen molar-refractivity contribution in [3.8, 4) is 5.75 Å². The second-order valence-corrected chi connectivity index (χ2v) is 6.85. The number of hydrogen-bond acceptors (Lipinski definition) is 3. The first-order valence-electron chi connectivity index (χ1n) is 8.97. The number of carbonyl (C=O) groups excluding carboxylic acids is 1. The summed E-state index contributed by atoms with van der Waals surface area (Å²) >= 11 is 0. The van der Waals surface area contributed by atoms with Gasteiger partial charge in [0.1, 0.15) is 5.75 Å². The highest BCUT2D eigenvalue weighted by Gasteiger charge is 2.43. The number of ether oxygens (including phenoxy) is 2. The van der Waals surface area contributed by atoms with Crippen molar-refractivity contribution >= 4 is 16.8 Å². The van der Waals surface area contributed by atoms with Crippen molar-refractivity contribution in [2.24, 2.45) is 5.92 Å². The molecule has 5 nitrogen and oxygen atoms in total. The molecule has 0 spiro atoms. The Balaban J connectivity index is 1.41.